The molecule has 0 saturated heterocycles. The largest absolute Gasteiger partial charge is 0.465 e. The van der Waals surface area contributed by atoms with Crippen LogP contribution in [0.2, 0.25) is 0 Å². The third-order valence-electron chi connectivity index (χ3n) is 5.72. The molecule has 0 spiro atoms. The Kier molecular flexibility index (Phi) is 5.73. The summed E-state index contributed by atoms with van der Waals surface area (Å²) in [6, 6.07) is 15.5. The minimum Gasteiger partial charge on any atom is -0.465 e. The highest BCUT2D eigenvalue weighted by atomic mass is 16.5. The maximum atomic E-state index is 13.5. The molecule has 1 atom stereocenters. The Bertz CT molecular complexity index is 1190. The van der Waals surface area contributed by atoms with Gasteiger partial charge in [-0.05, 0) is 60.0 Å². The van der Waals surface area contributed by atoms with Gasteiger partial charge in [-0.25, -0.2) is 4.79 Å². The SMILES string of the molecule is COC(=O)c1cccc(CN2C(=O)c3ccc(-c4ccncc4)cc3N(C)C(=O)[C@H]2C)c1. The molecule has 0 aliphatic carbocycles. The first-order chi connectivity index (χ1) is 15.4. The van der Waals surface area contributed by atoms with Crippen LogP contribution in [0.5, 0.6) is 0 Å². The Morgan fingerprint density at radius 3 is 2.50 bits per heavy atom. The second-order valence-corrected chi connectivity index (χ2v) is 7.67. The van der Waals surface area contributed by atoms with Crippen molar-refractivity contribution < 1.29 is 19.1 Å². The summed E-state index contributed by atoms with van der Waals surface area (Å²) in [5, 5.41) is 0. The van der Waals surface area contributed by atoms with Crippen molar-refractivity contribution in [2.45, 2.75) is 19.5 Å². The number of benzene rings is 2. The number of hydrogen-bond donors (Lipinski definition) is 0. The number of carbonyl (C=O) groups is 3. The quantitative estimate of drug-likeness (QED) is 0.593. The summed E-state index contributed by atoms with van der Waals surface area (Å²) in [6.07, 6.45) is 3.40. The molecule has 1 aromatic heterocycles. The van der Waals surface area contributed by atoms with Gasteiger partial charge in [0.05, 0.1) is 23.9 Å². The fourth-order valence-corrected chi connectivity index (χ4v) is 3.90. The lowest BCUT2D eigenvalue weighted by molar-refractivity contribution is -0.122. The van der Waals surface area contributed by atoms with Gasteiger partial charge < -0.3 is 14.5 Å². The lowest BCUT2D eigenvalue weighted by atomic mass is 10.0. The predicted octanol–water partition coefficient (Wildman–Crippen LogP) is 3.54. The molecule has 2 heterocycles. The first-order valence-electron chi connectivity index (χ1n) is 10.2. The van der Waals surface area contributed by atoms with Crippen molar-refractivity contribution in [1.82, 2.24) is 9.88 Å². The van der Waals surface area contributed by atoms with Crippen molar-refractivity contribution in [3.63, 3.8) is 0 Å². The number of hydrogen-bond acceptors (Lipinski definition) is 5. The fourth-order valence-electron chi connectivity index (χ4n) is 3.90. The van der Waals surface area contributed by atoms with Gasteiger partial charge in [0.1, 0.15) is 6.04 Å². The van der Waals surface area contributed by atoms with Crippen molar-refractivity contribution in [1.29, 1.82) is 0 Å². The third-order valence-corrected chi connectivity index (χ3v) is 5.72. The number of fused-ring (bicyclic) bond motifs is 1. The van der Waals surface area contributed by atoms with E-state index in [-0.39, 0.29) is 18.4 Å². The molecule has 0 saturated carbocycles. The maximum Gasteiger partial charge on any atom is 0.337 e. The van der Waals surface area contributed by atoms with Gasteiger partial charge in [-0.1, -0.05) is 18.2 Å². The van der Waals surface area contributed by atoms with Crippen LogP contribution in [0.4, 0.5) is 5.69 Å². The Balaban J connectivity index is 1.72. The van der Waals surface area contributed by atoms with Gasteiger partial charge in [-0.3, -0.25) is 14.6 Å². The highest BCUT2D eigenvalue weighted by molar-refractivity contribution is 6.11. The monoisotopic (exact) mass is 429 g/mol. The summed E-state index contributed by atoms with van der Waals surface area (Å²) in [6.45, 7) is 1.91. The van der Waals surface area contributed by atoms with E-state index < -0.39 is 12.0 Å². The van der Waals surface area contributed by atoms with Crippen LogP contribution in [0.25, 0.3) is 11.1 Å². The van der Waals surface area contributed by atoms with E-state index in [0.29, 0.717) is 16.8 Å². The molecule has 7 heteroatoms. The third kappa shape index (κ3) is 3.85. The molecule has 2 amide bonds. The van der Waals surface area contributed by atoms with Gasteiger partial charge in [-0.2, -0.15) is 0 Å². The van der Waals surface area contributed by atoms with Crippen molar-refractivity contribution in [2.75, 3.05) is 19.1 Å². The molecular weight excluding hydrogens is 406 g/mol. The van der Waals surface area contributed by atoms with Gasteiger partial charge in [0.2, 0.25) is 5.91 Å². The molecule has 3 aromatic rings. The number of rotatable bonds is 4. The summed E-state index contributed by atoms with van der Waals surface area (Å²) in [5.74, 6) is -0.880. The van der Waals surface area contributed by atoms with Crippen LogP contribution in [0, 0.1) is 0 Å². The molecule has 7 nitrogen and oxygen atoms in total. The van der Waals surface area contributed by atoms with E-state index in [4.69, 9.17) is 4.74 Å². The lowest BCUT2D eigenvalue weighted by Crippen LogP contribution is -2.45. The zero-order chi connectivity index (χ0) is 22.8. The summed E-state index contributed by atoms with van der Waals surface area (Å²) in [5.41, 5.74) is 3.99. The van der Waals surface area contributed by atoms with Crippen molar-refractivity contribution in [3.8, 4) is 11.1 Å². The summed E-state index contributed by atoms with van der Waals surface area (Å²) in [4.78, 5) is 45.7. The van der Waals surface area contributed by atoms with Crippen LogP contribution in [0.3, 0.4) is 0 Å². The zero-order valence-corrected chi connectivity index (χ0v) is 18.1. The number of likely N-dealkylation sites (N-methyl/N-ethyl adjacent to an activating group) is 1. The highest BCUT2D eigenvalue weighted by Crippen LogP contribution is 2.32. The zero-order valence-electron chi connectivity index (χ0n) is 18.1. The molecule has 4 rings (SSSR count). The van der Waals surface area contributed by atoms with E-state index in [9.17, 15) is 14.4 Å². The first kappa shape index (κ1) is 21.2. The molecule has 0 N–H and O–H groups in total. The molecule has 32 heavy (non-hydrogen) atoms. The summed E-state index contributed by atoms with van der Waals surface area (Å²) in [7, 11) is 3.00. The Labute approximate surface area is 186 Å². The standard InChI is InChI=1S/C25H23N3O4/c1-16-23(29)27(2)22-14-19(18-9-11-26-12-10-18)7-8-21(22)24(30)28(16)15-17-5-4-6-20(13-17)25(31)32-3/h4-14,16H,15H2,1-3H3/t16-/m1/s1. The normalized spacial score (nSPS) is 15.9. The molecule has 1 aliphatic heterocycles. The van der Waals surface area contributed by atoms with E-state index in [0.717, 1.165) is 16.7 Å². The average Bonchev–Trinajstić information content (AvgIpc) is 2.90. The van der Waals surface area contributed by atoms with Gasteiger partial charge in [0.25, 0.3) is 5.91 Å². The maximum absolute atomic E-state index is 13.5. The van der Waals surface area contributed by atoms with E-state index in [2.05, 4.69) is 4.98 Å². The number of anilines is 1. The number of esters is 1. The summed E-state index contributed by atoms with van der Waals surface area (Å²) < 4.78 is 4.78. The number of amides is 2. The highest BCUT2D eigenvalue weighted by Gasteiger charge is 2.35. The van der Waals surface area contributed by atoms with Crippen molar-refractivity contribution in [2.24, 2.45) is 0 Å². The van der Waals surface area contributed by atoms with E-state index in [1.807, 2.05) is 30.3 Å². The molecule has 0 radical (unpaired) electrons. The first-order valence-corrected chi connectivity index (χ1v) is 10.2. The Hall–Kier alpha value is -4.00. The second kappa shape index (κ2) is 8.63. The number of aromatic nitrogens is 1. The molecule has 162 valence electrons. The molecular formula is C25H23N3O4. The molecule has 0 unspecified atom stereocenters. The fraction of sp³-hybridized carbons (Fsp3) is 0.200. The van der Waals surface area contributed by atoms with E-state index >= 15 is 0 Å². The number of pyridine rings is 1. The molecule has 1 aliphatic rings. The van der Waals surface area contributed by atoms with Crippen LogP contribution in [-0.4, -0.2) is 47.9 Å². The smallest absolute Gasteiger partial charge is 0.337 e. The topological polar surface area (TPSA) is 79.8 Å². The van der Waals surface area contributed by atoms with Crippen LogP contribution >= 0.6 is 0 Å². The predicted molar refractivity (Wildman–Crippen MR) is 120 cm³/mol. The van der Waals surface area contributed by atoms with Crippen LogP contribution in [0.1, 0.15) is 33.2 Å². The number of ether oxygens (including phenoxy) is 1. The molecule has 0 fully saturated rings. The van der Waals surface area contributed by atoms with Gasteiger partial charge in [-0.15, -0.1) is 0 Å². The van der Waals surface area contributed by atoms with Crippen molar-refractivity contribution in [3.05, 3.63) is 83.7 Å². The van der Waals surface area contributed by atoms with Gasteiger partial charge >= 0.3 is 5.97 Å². The van der Waals surface area contributed by atoms with Crippen molar-refractivity contribution >= 4 is 23.5 Å². The minimum atomic E-state index is -0.675. The minimum absolute atomic E-state index is 0.187. The molecule has 2 aromatic carbocycles. The number of carbonyl (C=O) groups excluding carboxylic acids is 3. The lowest BCUT2D eigenvalue weighted by Gasteiger charge is -2.27. The van der Waals surface area contributed by atoms with E-state index in [1.165, 1.54) is 16.9 Å². The van der Waals surface area contributed by atoms with Crippen LogP contribution < -0.4 is 4.90 Å². The van der Waals surface area contributed by atoms with Gasteiger partial charge in [0, 0.05) is 26.0 Å². The summed E-state index contributed by atoms with van der Waals surface area (Å²) >= 11 is 0. The molecule has 0 bridgehead atoms. The number of methoxy groups -OCH3 is 1. The number of nitrogens with zero attached hydrogens (tertiary/aromatic N) is 3. The van der Waals surface area contributed by atoms with E-state index in [1.54, 1.807) is 50.6 Å². The Morgan fingerprint density at radius 1 is 1.03 bits per heavy atom. The second-order valence-electron chi connectivity index (χ2n) is 7.67. The van der Waals surface area contributed by atoms with Crippen LogP contribution in [-0.2, 0) is 16.1 Å². The van der Waals surface area contributed by atoms with Gasteiger partial charge in [0.15, 0.2) is 0 Å². The van der Waals surface area contributed by atoms with Crippen LogP contribution in [0.15, 0.2) is 67.0 Å². The average molecular weight is 429 g/mol. The Morgan fingerprint density at radius 2 is 1.78 bits per heavy atom.